The highest BCUT2D eigenvalue weighted by molar-refractivity contribution is 5.76. The van der Waals surface area contributed by atoms with Crippen LogP contribution in [0, 0.1) is 0 Å². The van der Waals surface area contributed by atoms with Crippen molar-refractivity contribution in [2.45, 2.75) is 31.8 Å². The second-order valence-electron chi connectivity index (χ2n) is 5.29. The molecule has 1 amide bonds. The molecule has 6 heteroatoms. The fraction of sp³-hybridized carbons (Fsp3) is 0.933. The molecular weight excluding hydrogens is 272 g/mol. The molecule has 0 aromatic rings. The van der Waals surface area contributed by atoms with E-state index in [4.69, 9.17) is 14.2 Å². The van der Waals surface area contributed by atoms with E-state index in [0.29, 0.717) is 45.4 Å². The summed E-state index contributed by atoms with van der Waals surface area (Å²) < 4.78 is 15.9. The first-order chi connectivity index (χ1) is 10.3. The van der Waals surface area contributed by atoms with Gasteiger partial charge in [0, 0.05) is 33.9 Å². The summed E-state index contributed by atoms with van der Waals surface area (Å²) in [7, 11) is 3.33. The van der Waals surface area contributed by atoms with Crippen molar-refractivity contribution in [1.29, 1.82) is 0 Å². The predicted octanol–water partition coefficient (Wildman–Crippen LogP) is 0.657. The van der Waals surface area contributed by atoms with E-state index in [-0.39, 0.29) is 5.91 Å². The third-order valence-electron chi connectivity index (χ3n) is 3.65. The topological polar surface area (TPSA) is 60.0 Å². The van der Waals surface area contributed by atoms with Gasteiger partial charge in [0.25, 0.3) is 0 Å². The number of carbonyl (C=O) groups is 1. The van der Waals surface area contributed by atoms with E-state index in [9.17, 15) is 4.79 Å². The van der Waals surface area contributed by atoms with E-state index < -0.39 is 0 Å². The van der Waals surface area contributed by atoms with Gasteiger partial charge in [-0.1, -0.05) is 0 Å². The number of nitrogens with zero attached hydrogens (tertiary/aromatic N) is 1. The first kappa shape index (κ1) is 18.4. The van der Waals surface area contributed by atoms with Gasteiger partial charge in [0.05, 0.1) is 25.7 Å². The maximum absolute atomic E-state index is 12.2. The van der Waals surface area contributed by atoms with Crippen LogP contribution >= 0.6 is 0 Å². The Kier molecular flexibility index (Phi) is 10.4. The van der Waals surface area contributed by atoms with E-state index in [2.05, 4.69) is 5.32 Å². The lowest BCUT2D eigenvalue weighted by molar-refractivity contribution is -0.133. The largest absolute Gasteiger partial charge is 0.385 e. The third kappa shape index (κ3) is 8.36. The summed E-state index contributed by atoms with van der Waals surface area (Å²) in [6.45, 7) is 5.11. The fourth-order valence-electron chi connectivity index (χ4n) is 2.40. The molecule has 0 bridgehead atoms. The summed E-state index contributed by atoms with van der Waals surface area (Å²) in [5.74, 6) is 0.136. The van der Waals surface area contributed by atoms with Crippen molar-refractivity contribution in [3.63, 3.8) is 0 Å². The van der Waals surface area contributed by atoms with E-state index >= 15 is 0 Å². The van der Waals surface area contributed by atoms with Gasteiger partial charge >= 0.3 is 0 Å². The summed E-state index contributed by atoms with van der Waals surface area (Å²) in [6, 6.07) is 0. The minimum absolute atomic E-state index is 0.136. The van der Waals surface area contributed by atoms with Gasteiger partial charge in [-0.05, 0) is 32.4 Å². The summed E-state index contributed by atoms with van der Waals surface area (Å²) in [5.41, 5.74) is 0. The molecule has 1 heterocycles. The van der Waals surface area contributed by atoms with Crippen molar-refractivity contribution in [3.8, 4) is 0 Å². The zero-order valence-electron chi connectivity index (χ0n) is 13.4. The van der Waals surface area contributed by atoms with E-state index in [1.54, 1.807) is 14.2 Å². The van der Waals surface area contributed by atoms with E-state index in [0.717, 1.165) is 32.4 Å². The summed E-state index contributed by atoms with van der Waals surface area (Å²) in [6.07, 6.45) is 3.67. The highest BCUT2D eigenvalue weighted by Gasteiger charge is 2.16. The molecule has 0 aliphatic carbocycles. The molecule has 1 aliphatic heterocycles. The molecule has 0 radical (unpaired) electrons. The van der Waals surface area contributed by atoms with Gasteiger partial charge in [-0.25, -0.2) is 0 Å². The molecule has 1 aliphatic rings. The Balaban J connectivity index is 2.22. The van der Waals surface area contributed by atoms with Gasteiger partial charge < -0.3 is 24.4 Å². The molecule has 1 fully saturated rings. The number of rotatable bonds is 11. The number of piperidine rings is 1. The Morgan fingerprint density at radius 3 is 2.48 bits per heavy atom. The number of amides is 1. The SMILES string of the molecule is COCCCN(CCOC)C(=O)CCOC1CCNCC1. The smallest absolute Gasteiger partial charge is 0.224 e. The first-order valence-electron chi connectivity index (χ1n) is 7.86. The second kappa shape index (κ2) is 11.9. The third-order valence-corrected chi connectivity index (χ3v) is 3.65. The average molecular weight is 302 g/mol. The standard InChI is InChI=1S/C15H30N2O4/c1-19-11-3-9-17(10-13-20-2)15(18)6-12-21-14-4-7-16-8-5-14/h14,16H,3-13H2,1-2H3. The van der Waals surface area contributed by atoms with Gasteiger partial charge in [-0.15, -0.1) is 0 Å². The fourth-order valence-corrected chi connectivity index (χ4v) is 2.40. The van der Waals surface area contributed by atoms with E-state index in [1.807, 2.05) is 4.90 Å². The molecule has 0 saturated carbocycles. The maximum Gasteiger partial charge on any atom is 0.224 e. The van der Waals surface area contributed by atoms with Crippen molar-refractivity contribution in [1.82, 2.24) is 10.2 Å². The second-order valence-corrected chi connectivity index (χ2v) is 5.29. The molecule has 21 heavy (non-hydrogen) atoms. The molecule has 6 nitrogen and oxygen atoms in total. The molecule has 1 N–H and O–H groups in total. The van der Waals surface area contributed by atoms with Crippen molar-refractivity contribution in [2.24, 2.45) is 0 Å². The summed E-state index contributed by atoms with van der Waals surface area (Å²) in [4.78, 5) is 14.1. The number of carbonyl (C=O) groups excluding carboxylic acids is 1. The predicted molar refractivity (Wildman–Crippen MR) is 81.4 cm³/mol. The Hall–Kier alpha value is -0.690. The minimum atomic E-state index is 0.136. The van der Waals surface area contributed by atoms with Crippen LogP contribution in [0.15, 0.2) is 0 Å². The number of methoxy groups -OCH3 is 2. The molecule has 0 atom stereocenters. The van der Waals surface area contributed by atoms with Crippen LogP contribution in [-0.4, -0.2) is 77.1 Å². The molecule has 0 aromatic carbocycles. The number of ether oxygens (including phenoxy) is 3. The Morgan fingerprint density at radius 2 is 1.81 bits per heavy atom. The Bertz CT molecular complexity index is 270. The normalized spacial score (nSPS) is 16.1. The zero-order chi connectivity index (χ0) is 15.3. The molecule has 1 saturated heterocycles. The maximum atomic E-state index is 12.2. The van der Waals surface area contributed by atoms with Crippen LogP contribution in [0.5, 0.6) is 0 Å². The molecule has 0 spiro atoms. The monoisotopic (exact) mass is 302 g/mol. The Morgan fingerprint density at radius 1 is 1.10 bits per heavy atom. The van der Waals surface area contributed by atoms with Crippen LogP contribution in [-0.2, 0) is 19.0 Å². The first-order valence-corrected chi connectivity index (χ1v) is 7.86. The molecule has 0 unspecified atom stereocenters. The highest BCUT2D eigenvalue weighted by Crippen LogP contribution is 2.08. The molecule has 0 aromatic heterocycles. The average Bonchev–Trinajstić information content (AvgIpc) is 2.51. The van der Waals surface area contributed by atoms with Gasteiger partial charge in [0.2, 0.25) is 5.91 Å². The lowest BCUT2D eigenvalue weighted by Gasteiger charge is -2.25. The van der Waals surface area contributed by atoms with Crippen LogP contribution < -0.4 is 5.32 Å². The van der Waals surface area contributed by atoms with Crippen LogP contribution in [0.25, 0.3) is 0 Å². The van der Waals surface area contributed by atoms with Gasteiger partial charge in [0.1, 0.15) is 0 Å². The number of hydrogen-bond donors (Lipinski definition) is 1. The molecule has 124 valence electrons. The minimum Gasteiger partial charge on any atom is -0.385 e. The lowest BCUT2D eigenvalue weighted by atomic mass is 10.1. The quantitative estimate of drug-likeness (QED) is 0.568. The van der Waals surface area contributed by atoms with Crippen molar-refractivity contribution >= 4 is 5.91 Å². The van der Waals surface area contributed by atoms with E-state index in [1.165, 1.54) is 0 Å². The summed E-state index contributed by atoms with van der Waals surface area (Å²) >= 11 is 0. The summed E-state index contributed by atoms with van der Waals surface area (Å²) in [5, 5.41) is 3.30. The van der Waals surface area contributed by atoms with Crippen molar-refractivity contribution < 1.29 is 19.0 Å². The number of nitrogens with one attached hydrogen (secondary N) is 1. The van der Waals surface area contributed by atoms with Gasteiger partial charge in [-0.2, -0.15) is 0 Å². The van der Waals surface area contributed by atoms with Gasteiger partial charge in [-0.3, -0.25) is 4.79 Å². The van der Waals surface area contributed by atoms with Crippen LogP contribution in [0.4, 0.5) is 0 Å². The van der Waals surface area contributed by atoms with Crippen molar-refractivity contribution in [2.75, 3.05) is 60.2 Å². The number of hydrogen-bond acceptors (Lipinski definition) is 5. The zero-order valence-corrected chi connectivity index (χ0v) is 13.4. The van der Waals surface area contributed by atoms with Crippen molar-refractivity contribution in [3.05, 3.63) is 0 Å². The van der Waals surface area contributed by atoms with Gasteiger partial charge in [0.15, 0.2) is 0 Å². The lowest BCUT2D eigenvalue weighted by Crippen LogP contribution is -2.37. The van der Waals surface area contributed by atoms with Crippen LogP contribution in [0.2, 0.25) is 0 Å². The van der Waals surface area contributed by atoms with Crippen LogP contribution in [0.1, 0.15) is 25.7 Å². The highest BCUT2D eigenvalue weighted by atomic mass is 16.5. The molecular formula is C15H30N2O4. The molecule has 1 rings (SSSR count). The Labute approximate surface area is 128 Å². The van der Waals surface area contributed by atoms with Crippen LogP contribution in [0.3, 0.4) is 0 Å².